The van der Waals surface area contributed by atoms with Crippen LogP contribution in [0, 0.1) is 5.41 Å². The van der Waals surface area contributed by atoms with Crippen molar-refractivity contribution in [3.05, 3.63) is 34.9 Å². The molecule has 1 aromatic carbocycles. The van der Waals surface area contributed by atoms with Gasteiger partial charge in [0.25, 0.3) is 0 Å². The van der Waals surface area contributed by atoms with Crippen LogP contribution in [-0.4, -0.2) is 16.7 Å². The van der Waals surface area contributed by atoms with Crippen LogP contribution in [0.15, 0.2) is 24.3 Å². The van der Waals surface area contributed by atoms with Gasteiger partial charge in [-0.1, -0.05) is 43.0 Å². The Morgan fingerprint density at radius 2 is 1.90 bits per heavy atom. The first-order valence-corrected chi connectivity index (χ1v) is 7.58. The van der Waals surface area contributed by atoms with Crippen molar-refractivity contribution in [3.8, 4) is 0 Å². The van der Waals surface area contributed by atoms with E-state index in [0.29, 0.717) is 18.0 Å². The molecule has 1 aromatic rings. The smallest absolute Gasteiger partial charge is 0.236 e. The lowest BCUT2D eigenvalue weighted by atomic mass is 9.73. The van der Waals surface area contributed by atoms with Gasteiger partial charge in [-0.3, -0.25) is 14.5 Å². The molecular formula is C16H18ClNO2. The van der Waals surface area contributed by atoms with E-state index in [1.165, 1.54) is 11.3 Å². The van der Waals surface area contributed by atoms with Gasteiger partial charge >= 0.3 is 0 Å². The molecular weight excluding hydrogens is 274 g/mol. The molecule has 4 heteroatoms. The van der Waals surface area contributed by atoms with Gasteiger partial charge in [-0.25, -0.2) is 0 Å². The van der Waals surface area contributed by atoms with Crippen LogP contribution < -0.4 is 0 Å². The Morgan fingerprint density at radius 3 is 2.60 bits per heavy atom. The Labute approximate surface area is 123 Å². The van der Waals surface area contributed by atoms with E-state index in [9.17, 15) is 9.59 Å². The summed E-state index contributed by atoms with van der Waals surface area (Å²) in [7, 11) is 0. The number of amides is 2. The van der Waals surface area contributed by atoms with E-state index in [1.807, 2.05) is 18.2 Å². The SMILES string of the molecule is O=C1CC2(CCCCC2)C(=O)N1Cc1cccc(Cl)c1. The van der Waals surface area contributed by atoms with Crippen molar-refractivity contribution in [1.29, 1.82) is 0 Å². The molecule has 0 radical (unpaired) electrons. The molecule has 0 aromatic heterocycles. The fourth-order valence-corrected chi connectivity index (χ4v) is 3.67. The Kier molecular flexibility index (Phi) is 3.55. The van der Waals surface area contributed by atoms with E-state index in [0.717, 1.165) is 31.2 Å². The van der Waals surface area contributed by atoms with Crippen LogP contribution in [0.1, 0.15) is 44.1 Å². The Morgan fingerprint density at radius 1 is 1.15 bits per heavy atom. The number of imide groups is 1. The van der Waals surface area contributed by atoms with E-state index >= 15 is 0 Å². The molecule has 1 aliphatic carbocycles. The number of nitrogens with zero attached hydrogens (tertiary/aromatic N) is 1. The third-order valence-corrected chi connectivity index (χ3v) is 4.76. The van der Waals surface area contributed by atoms with Gasteiger partial charge < -0.3 is 0 Å². The van der Waals surface area contributed by atoms with Crippen molar-refractivity contribution in [1.82, 2.24) is 4.90 Å². The zero-order chi connectivity index (χ0) is 14.2. The number of hydrogen-bond donors (Lipinski definition) is 0. The minimum absolute atomic E-state index is 0.0298. The average molecular weight is 292 g/mol. The van der Waals surface area contributed by atoms with Crippen LogP contribution in [0.25, 0.3) is 0 Å². The molecule has 20 heavy (non-hydrogen) atoms. The number of carbonyl (C=O) groups excluding carboxylic acids is 2. The Bertz CT molecular complexity index is 549. The maximum atomic E-state index is 12.7. The second-order valence-electron chi connectivity index (χ2n) is 5.93. The highest BCUT2D eigenvalue weighted by Gasteiger charge is 2.51. The van der Waals surface area contributed by atoms with E-state index in [1.54, 1.807) is 6.07 Å². The standard InChI is InChI=1S/C16H18ClNO2/c17-13-6-4-5-12(9-13)11-18-14(19)10-16(15(18)20)7-2-1-3-8-16/h4-6,9H,1-3,7-8,10-11H2. The number of benzene rings is 1. The highest BCUT2D eigenvalue weighted by atomic mass is 35.5. The summed E-state index contributed by atoms with van der Waals surface area (Å²) in [5.41, 5.74) is 0.514. The highest BCUT2D eigenvalue weighted by molar-refractivity contribution is 6.30. The molecule has 106 valence electrons. The van der Waals surface area contributed by atoms with Gasteiger partial charge in [-0.15, -0.1) is 0 Å². The molecule has 1 heterocycles. The number of rotatable bonds is 2. The summed E-state index contributed by atoms with van der Waals surface area (Å²) in [6, 6.07) is 7.35. The predicted molar refractivity (Wildman–Crippen MR) is 77.1 cm³/mol. The number of halogens is 1. The Balaban J connectivity index is 1.80. The van der Waals surface area contributed by atoms with Crippen molar-refractivity contribution >= 4 is 23.4 Å². The van der Waals surface area contributed by atoms with Crippen molar-refractivity contribution in [3.63, 3.8) is 0 Å². The number of hydrogen-bond acceptors (Lipinski definition) is 2. The monoisotopic (exact) mass is 291 g/mol. The highest BCUT2D eigenvalue weighted by Crippen LogP contribution is 2.45. The summed E-state index contributed by atoms with van der Waals surface area (Å²) < 4.78 is 0. The minimum Gasteiger partial charge on any atom is -0.278 e. The summed E-state index contributed by atoms with van der Waals surface area (Å²) in [5.74, 6) is -0.000879. The third-order valence-electron chi connectivity index (χ3n) is 4.53. The molecule has 1 saturated carbocycles. The van der Waals surface area contributed by atoms with Crippen molar-refractivity contribution in [2.24, 2.45) is 5.41 Å². The lowest BCUT2D eigenvalue weighted by Gasteiger charge is -2.30. The van der Waals surface area contributed by atoms with Gasteiger partial charge in [0.15, 0.2) is 0 Å². The topological polar surface area (TPSA) is 37.4 Å². The largest absolute Gasteiger partial charge is 0.278 e. The van der Waals surface area contributed by atoms with Gasteiger partial charge in [0.05, 0.1) is 12.0 Å². The van der Waals surface area contributed by atoms with Gasteiger partial charge in [0.2, 0.25) is 11.8 Å². The van der Waals surface area contributed by atoms with Gasteiger partial charge in [-0.2, -0.15) is 0 Å². The van der Waals surface area contributed by atoms with E-state index < -0.39 is 5.41 Å². The molecule has 3 nitrogen and oxygen atoms in total. The molecule has 0 unspecified atom stereocenters. The second kappa shape index (κ2) is 5.21. The molecule has 1 aliphatic heterocycles. The van der Waals surface area contributed by atoms with Crippen LogP contribution >= 0.6 is 11.6 Å². The third kappa shape index (κ3) is 2.35. The molecule has 2 aliphatic rings. The predicted octanol–water partition coefficient (Wildman–Crippen LogP) is 3.55. The molecule has 2 fully saturated rings. The number of likely N-dealkylation sites (tertiary alicyclic amines) is 1. The van der Waals surface area contributed by atoms with Crippen LogP contribution in [0.3, 0.4) is 0 Å². The normalized spacial score (nSPS) is 21.8. The molecule has 3 rings (SSSR count). The van der Waals surface area contributed by atoms with Crippen LogP contribution in [-0.2, 0) is 16.1 Å². The summed E-state index contributed by atoms with van der Waals surface area (Å²) in [6.45, 7) is 0.347. The summed E-state index contributed by atoms with van der Waals surface area (Å²) >= 11 is 5.96. The first kappa shape index (κ1) is 13.6. The fraction of sp³-hybridized carbons (Fsp3) is 0.500. The van der Waals surface area contributed by atoms with Gasteiger partial charge in [-0.05, 0) is 30.5 Å². The molecule has 0 atom stereocenters. The zero-order valence-corrected chi connectivity index (χ0v) is 12.2. The molecule has 0 bridgehead atoms. The second-order valence-corrected chi connectivity index (χ2v) is 6.37. The lowest BCUT2D eigenvalue weighted by molar-refractivity contribution is -0.142. The summed E-state index contributed by atoms with van der Waals surface area (Å²) in [4.78, 5) is 26.3. The van der Waals surface area contributed by atoms with E-state index in [2.05, 4.69) is 0 Å². The molecule has 1 spiro atoms. The summed E-state index contributed by atoms with van der Waals surface area (Å²) in [5, 5.41) is 0.633. The first-order chi connectivity index (χ1) is 9.61. The quantitative estimate of drug-likeness (QED) is 0.782. The van der Waals surface area contributed by atoms with Crippen molar-refractivity contribution in [2.75, 3.05) is 0 Å². The lowest BCUT2D eigenvalue weighted by Crippen LogP contribution is -2.36. The molecule has 1 saturated heterocycles. The van der Waals surface area contributed by atoms with E-state index in [-0.39, 0.29) is 11.8 Å². The zero-order valence-electron chi connectivity index (χ0n) is 11.4. The maximum Gasteiger partial charge on any atom is 0.236 e. The fourth-order valence-electron chi connectivity index (χ4n) is 3.46. The van der Waals surface area contributed by atoms with Crippen LogP contribution in [0.4, 0.5) is 0 Å². The van der Waals surface area contributed by atoms with Crippen molar-refractivity contribution in [2.45, 2.75) is 45.1 Å². The molecule has 0 N–H and O–H groups in total. The maximum absolute atomic E-state index is 12.7. The van der Waals surface area contributed by atoms with Crippen LogP contribution in [0.2, 0.25) is 5.02 Å². The van der Waals surface area contributed by atoms with E-state index in [4.69, 9.17) is 11.6 Å². The summed E-state index contributed by atoms with van der Waals surface area (Å²) in [6.07, 6.45) is 5.42. The Hall–Kier alpha value is -1.35. The average Bonchev–Trinajstić information content (AvgIpc) is 2.64. The van der Waals surface area contributed by atoms with Crippen molar-refractivity contribution < 1.29 is 9.59 Å². The number of carbonyl (C=O) groups is 2. The minimum atomic E-state index is -0.395. The first-order valence-electron chi connectivity index (χ1n) is 7.20. The molecule has 2 amide bonds. The van der Waals surface area contributed by atoms with Gasteiger partial charge in [0, 0.05) is 11.4 Å². The van der Waals surface area contributed by atoms with Gasteiger partial charge in [0.1, 0.15) is 0 Å². The van der Waals surface area contributed by atoms with Crippen LogP contribution in [0.5, 0.6) is 0 Å².